The van der Waals surface area contributed by atoms with Gasteiger partial charge in [-0.2, -0.15) is 4.98 Å². The van der Waals surface area contributed by atoms with E-state index >= 15 is 0 Å². The Morgan fingerprint density at radius 2 is 1.86 bits per heavy atom. The number of amides is 2. The predicted molar refractivity (Wildman–Crippen MR) is 140 cm³/mol. The zero-order valence-electron chi connectivity index (χ0n) is 20.7. The summed E-state index contributed by atoms with van der Waals surface area (Å²) >= 11 is 6.58. The Bertz CT molecular complexity index is 1330. The van der Waals surface area contributed by atoms with Crippen LogP contribution >= 0.6 is 11.6 Å². The molecule has 188 valence electrons. The van der Waals surface area contributed by atoms with Gasteiger partial charge in [0.15, 0.2) is 5.65 Å². The molecule has 1 aromatic carbocycles. The second-order valence-electron chi connectivity index (χ2n) is 9.85. The quantitative estimate of drug-likeness (QED) is 0.508. The summed E-state index contributed by atoms with van der Waals surface area (Å²) in [6, 6.07) is 10.6. The number of halogens is 1. The van der Waals surface area contributed by atoms with E-state index in [-0.39, 0.29) is 29.9 Å². The fourth-order valence-corrected chi connectivity index (χ4v) is 5.16. The van der Waals surface area contributed by atoms with Gasteiger partial charge in [0, 0.05) is 38.5 Å². The molecule has 2 aliphatic rings. The van der Waals surface area contributed by atoms with E-state index in [1.807, 2.05) is 18.2 Å². The topological polar surface area (TPSA) is 100 Å². The standard InChI is InChI=1S/C27H30ClN5O3/c1-15(34)29-20-10-8-17(9-11-20)16-4-6-18(7-5-16)24-22(28)14-23-25(31-24)32-27(30-23)36-21-12-19(13-21)26(35)33(2)3/h4-8,14,19-21H,9-13H2,1-3H3,(H,29,34)(H,30,31,32). The molecule has 9 heteroatoms. The summed E-state index contributed by atoms with van der Waals surface area (Å²) < 4.78 is 5.94. The van der Waals surface area contributed by atoms with Crippen molar-refractivity contribution in [2.75, 3.05) is 14.1 Å². The summed E-state index contributed by atoms with van der Waals surface area (Å²) in [6.45, 7) is 1.56. The van der Waals surface area contributed by atoms with Crippen LogP contribution in [-0.4, -0.2) is 57.9 Å². The molecule has 1 fully saturated rings. The molecule has 2 amide bonds. The SMILES string of the molecule is CC(=O)NC1CC=C(c2ccc(-c3nc4nc(OC5CC(C(=O)N(C)C)C5)[nH]c4cc3Cl)cc2)CC1. The van der Waals surface area contributed by atoms with Crippen molar-refractivity contribution in [3.63, 3.8) is 0 Å². The van der Waals surface area contributed by atoms with Gasteiger partial charge in [-0.25, -0.2) is 4.98 Å². The van der Waals surface area contributed by atoms with Gasteiger partial charge < -0.3 is 19.9 Å². The minimum Gasteiger partial charge on any atom is -0.461 e. The van der Waals surface area contributed by atoms with Crippen molar-refractivity contribution in [2.24, 2.45) is 5.92 Å². The van der Waals surface area contributed by atoms with E-state index in [1.54, 1.807) is 25.9 Å². The Kier molecular flexibility index (Phi) is 6.71. The average molecular weight is 508 g/mol. The maximum atomic E-state index is 12.0. The molecule has 2 N–H and O–H groups in total. The molecule has 0 saturated heterocycles. The fourth-order valence-electron chi connectivity index (χ4n) is 4.90. The van der Waals surface area contributed by atoms with Crippen molar-refractivity contribution in [3.05, 3.63) is 47.0 Å². The minimum atomic E-state index is -0.0374. The number of carbonyl (C=O) groups is 2. The highest BCUT2D eigenvalue weighted by atomic mass is 35.5. The maximum Gasteiger partial charge on any atom is 0.296 e. The van der Waals surface area contributed by atoms with E-state index < -0.39 is 0 Å². The molecule has 0 bridgehead atoms. The first-order valence-electron chi connectivity index (χ1n) is 12.3. The van der Waals surface area contributed by atoms with Crippen LogP contribution in [0.1, 0.15) is 44.6 Å². The number of imidazole rings is 1. The number of aromatic nitrogens is 3. The number of allylic oxidation sites excluding steroid dienone is 1. The smallest absolute Gasteiger partial charge is 0.296 e. The molecule has 0 radical (unpaired) electrons. The molecule has 8 nitrogen and oxygen atoms in total. The number of rotatable bonds is 6. The zero-order valence-corrected chi connectivity index (χ0v) is 21.4. The number of carbonyl (C=O) groups excluding carboxylic acids is 2. The molecular weight excluding hydrogens is 478 g/mol. The van der Waals surface area contributed by atoms with E-state index in [0.29, 0.717) is 40.7 Å². The summed E-state index contributed by atoms with van der Waals surface area (Å²) in [4.78, 5) is 37.3. The second kappa shape index (κ2) is 9.93. The van der Waals surface area contributed by atoms with Gasteiger partial charge in [0.25, 0.3) is 6.01 Å². The highest BCUT2D eigenvalue weighted by molar-refractivity contribution is 6.33. The number of aromatic amines is 1. The molecule has 0 aliphatic heterocycles. The first-order valence-corrected chi connectivity index (χ1v) is 12.7. The number of ether oxygens (including phenoxy) is 1. The lowest BCUT2D eigenvalue weighted by Crippen LogP contribution is -2.43. The van der Waals surface area contributed by atoms with Crippen molar-refractivity contribution in [1.82, 2.24) is 25.2 Å². The zero-order chi connectivity index (χ0) is 25.4. The Labute approximate surface area is 215 Å². The van der Waals surface area contributed by atoms with E-state index in [4.69, 9.17) is 21.3 Å². The van der Waals surface area contributed by atoms with Crippen LogP contribution in [0.15, 0.2) is 36.4 Å². The molecule has 1 unspecified atom stereocenters. The van der Waals surface area contributed by atoms with Gasteiger partial charge in [0.2, 0.25) is 11.8 Å². The normalized spacial score (nSPS) is 21.4. The Balaban J connectivity index is 1.27. The van der Waals surface area contributed by atoms with Crippen LogP contribution in [0.2, 0.25) is 5.02 Å². The van der Waals surface area contributed by atoms with Crippen LogP contribution < -0.4 is 10.1 Å². The van der Waals surface area contributed by atoms with Gasteiger partial charge in [-0.15, -0.1) is 0 Å². The minimum absolute atomic E-state index is 0.0135. The number of pyridine rings is 1. The average Bonchev–Trinajstić information content (AvgIpc) is 3.21. The number of fused-ring (bicyclic) bond motifs is 1. The first kappa shape index (κ1) is 24.3. The van der Waals surface area contributed by atoms with Crippen molar-refractivity contribution in [2.45, 2.75) is 51.2 Å². The van der Waals surface area contributed by atoms with Crippen molar-refractivity contribution in [1.29, 1.82) is 0 Å². The van der Waals surface area contributed by atoms with Crippen LogP contribution in [-0.2, 0) is 9.59 Å². The molecule has 0 spiro atoms. The van der Waals surface area contributed by atoms with Gasteiger partial charge in [-0.05, 0) is 49.3 Å². The summed E-state index contributed by atoms with van der Waals surface area (Å²) in [7, 11) is 3.54. The largest absolute Gasteiger partial charge is 0.461 e. The molecule has 3 aromatic rings. The Morgan fingerprint density at radius 3 is 2.50 bits per heavy atom. The molecule has 2 heterocycles. The van der Waals surface area contributed by atoms with E-state index in [2.05, 4.69) is 33.5 Å². The van der Waals surface area contributed by atoms with Crippen LogP contribution in [0.3, 0.4) is 0 Å². The van der Waals surface area contributed by atoms with Crippen molar-refractivity contribution < 1.29 is 14.3 Å². The predicted octanol–water partition coefficient (Wildman–Crippen LogP) is 4.60. The lowest BCUT2D eigenvalue weighted by molar-refractivity contribution is -0.139. The Hall–Kier alpha value is -3.39. The number of benzene rings is 1. The third kappa shape index (κ3) is 5.09. The molecule has 1 saturated carbocycles. The number of nitrogens with zero attached hydrogens (tertiary/aromatic N) is 3. The van der Waals surface area contributed by atoms with E-state index in [0.717, 1.165) is 24.8 Å². The number of hydrogen-bond donors (Lipinski definition) is 2. The highest BCUT2D eigenvalue weighted by Crippen LogP contribution is 2.34. The lowest BCUT2D eigenvalue weighted by atomic mass is 9.81. The van der Waals surface area contributed by atoms with Gasteiger partial charge in [-0.3, -0.25) is 9.59 Å². The molecule has 2 aliphatic carbocycles. The highest BCUT2D eigenvalue weighted by Gasteiger charge is 2.37. The molecule has 36 heavy (non-hydrogen) atoms. The summed E-state index contributed by atoms with van der Waals surface area (Å²) in [5, 5.41) is 3.52. The first-order chi connectivity index (χ1) is 17.3. The van der Waals surface area contributed by atoms with Crippen LogP contribution in [0.5, 0.6) is 6.01 Å². The lowest BCUT2D eigenvalue weighted by Gasteiger charge is -2.34. The fraction of sp³-hybridized carbons (Fsp3) is 0.407. The van der Waals surface area contributed by atoms with E-state index in [9.17, 15) is 9.59 Å². The van der Waals surface area contributed by atoms with Gasteiger partial charge in [0.05, 0.1) is 16.2 Å². The van der Waals surface area contributed by atoms with Gasteiger partial charge >= 0.3 is 0 Å². The van der Waals surface area contributed by atoms with Crippen molar-refractivity contribution >= 4 is 40.2 Å². The van der Waals surface area contributed by atoms with Crippen molar-refractivity contribution in [3.8, 4) is 17.3 Å². The molecule has 1 atom stereocenters. The second-order valence-corrected chi connectivity index (χ2v) is 10.3. The summed E-state index contributed by atoms with van der Waals surface area (Å²) in [5.41, 5.74) is 5.27. The summed E-state index contributed by atoms with van der Waals surface area (Å²) in [6.07, 6.45) is 6.25. The number of H-pyrrole nitrogens is 1. The number of hydrogen-bond acceptors (Lipinski definition) is 5. The third-order valence-corrected chi connectivity index (χ3v) is 7.20. The maximum absolute atomic E-state index is 12.0. The van der Waals surface area contributed by atoms with Crippen LogP contribution in [0.4, 0.5) is 0 Å². The number of nitrogens with one attached hydrogen (secondary N) is 2. The summed E-state index contributed by atoms with van der Waals surface area (Å²) in [5.74, 6) is 0.170. The van der Waals surface area contributed by atoms with Gasteiger partial charge in [-0.1, -0.05) is 41.9 Å². The van der Waals surface area contributed by atoms with Crippen LogP contribution in [0, 0.1) is 5.92 Å². The van der Waals surface area contributed by atoms with E-state index in [1.165, 1.54) is 11.1 Å². The monoisotopic (exact) mass is 507 g/mol. The molecule has 2 aromatic heterocycles. The molecule has 5 rings (SSSR count). The molecular formula is C27H30ClN5O3. The van der Waals surface area contributed by atoms with Crippen LogP contribution in [0.25, 0.3) is 28.0 Å². The Morgan fingerprint density at radius 1 is 1.14 bits per heavy atom. The third-order valence-electron chi connectivity index (χ3n) is 6.92. The van der Waals surface area contributed by atoms with Gasteiger partial charge in [0.1, 0.15) is 6.10 Å².